The van der Waals surface area contributed by atoms with Crippen LogP contribution in [0.5, 0.6) is 5.75 Å². The first-order chi connectivity index (χ1) is 15.4. The number of hydrogen-bond donors (Lipinski definition) is 2. The molecule has 1 aromatic heterocycles. The lowest BCUT2D eigenvalue weighted by Gasteiger charge is -2.36. The van der Waals surface area contributed by atoms with Gasteiger partial charge in [0.25, 0.3) is 5.91 Å². The van der Waals surface area contributed by atoms with Gasteiger partial charge in [0.15, 0.2) is 0 Å². The molecule has 0 saturated heterocycles. The fourth-order valence-electron chi connectivity index (χ4n) is 5.25. The SMILES string of the molecule is CCOc1ccc2ccccc2c1[C@@H]1NC(=O)c2c(sc3c2CC[C@H](C(C)(C)CC)C3)N1. The van der Waals surface area contributed by atoms with E-state index in [1.165, 1.54) is 16.9 Å². The van der Waals surface area contributed by atoms with Crippen LogP contribution in [0.15, 0.2) is 36.4 Å². The van der Waals surface area contributed by atoms with E-state index in [2.05, 4.69) is 49.6 Å². The van der Waals surface area contributed by atoms with Crippen molar-refractivity contribution in [3.63, 3.8) is 0 Å². The number of ether oxygens (including phenoxy) is 1. The van der Waals surface area contributed by atoms with Crippen molar-refractivity contribution in [2.75, 3.05) is 11.9 Å². The minimum atomic E-state index is -0.314. The van der Waals surface area contributed by atoms with Gasteiger partial charge in [0.05, 0.1) is 12.2 Å². The van der Waals surface area contributed by atoms with Crippen molar-refractivity contribution in [1.29, 1.82) is 0 Å². The molecule has 0 radical (unpaired) electrons. The highest BCUT2D eigenvalue weighted by Crippen LogP contribution is 2.47. The normalized spacial score (nSPS) is 20.3. The first-order valence-electron chi connectivity index (χ1n) is 11.8. The third-order valence-corrected chi connectivity index (χ3v) is 8.76. The summed E-state index contributed by atoms with van der Waals surface area (Å²) in [5.74, 6) is 1.52. The molecule has 5 rings (SSSR count). The Morgan fingerprint density at radius 1 is 1.12 bits per heavy atom. The molecule has 0 bridgehead atoms. The zero-order chi connectivity index (χ0) is 22.5. The van der Waals surface area contributed by atoms with Crippen LogP contribution in [-0.4, -0.2) is 12.5 Å². The Balaban J connectivity index is 1.53. The van der Waals surface area contributed by atoms with Gasteiger partial charge in [-0.3, -0.25) is 4.79 Å². The van der Waals surface area contributed by atoms with Crippen LogP contribution in [0.2, 0.25) is 0 Å². The summed E-state index contributed by atoms with van der Waals surface area (Å²) in [7, 11) is 0. The van der Waals surface area contributed by atoms with Crippen molar-refractivity contribution in [2.24, 2.45) is 11.3 Å². The van der Waals surface area contributed by atoms with E-state index in [1.54, 1.807) is 11.3 Å². The summed E-state index contributed by atoms with van der Waals surface area (Å²) in [6.45, 7) is 9.62. The van der Waals surface area contributed by atoms with Gasteiger partial charge in [0.1, 0.15) is 16.9 Å². The van der Waals surface area contributed by atoms with E-state index in [9.17, 15) is 4.79 Å². The third kappa shape index (κ3) is 3.47. The minimum absolute atomic E-state index is 0.0323. The first-order valence-corrected chi connectivity index (χ1v) is 12.6. The molecule has 168 valence electrons. The molecule has 32 heavy (non-hydrogen) atoms. The minimum Gasteiger partial charge on any atom is -0.493 e. The van der Waals surface area contributed by atoms with Gasteiger partial charge in [-0.05, 0) is 59.9 Å². The van der Waals surface area contributed by atoms with Gasteiger partial charge in [-0.15, -0.1) is 11.3 Å². The maximum Gasteiger partial charge on any atom is 0.256 e. The molecule has 4 nitrogen and oxygen atoms in total. The molecular formula is C27H32N2O2S. The highest BCUT2D eigenvalue weighted by molar-refractivity contribution is 7.16. The van der Waals surface area contributed by atoms with Crippen LogP contribution in [0.1, 0.15) is 73.1 Å². The lowest BCUT2D eigenvalue weighted by molar-refractivity contribution is 0.0934. The summed E-state index contributed by atoms with van der Waals surface area (Å²) in [4.78, 5) is 14.7. The van der Waals surface area contributed by atoms with Gasteiger partial charge in [-0.2, -0.15) is 0 Å². The van der Waals surface area contributed by atoms with E-state index >= 15 is 0 Å². The Kier molecular flexibility index (Phi) is 5.40. The molecule has 1 amide bonds. The molecule has 0 saturated carbocycles. The molecule has 0 spiro atoms. The lowest BCUT2D eigenvalue weighted by atomic mass is 9.69. The Morgan fingerprint density at radius 3 is 2.72 bits per heavy atom. The number of carbonyl (C=O) groups is 1. The maximum absolute atomic E-state index is 13.4. The number of benzene rings is 2. The number of anilines is 1. The number of amides is 1. The first kappa shape index (κ1) is 21.3. The largest absolute Gasteiger partial charge is 0.493 e. The molecule has 2 aromatic carbocycles. The predicted molar refractivity (Wildman–Crippen MR) is 133 cm³/mol. The van der Waals surface area contributed by atoms with Gasteiger partial charge in [-0.1, -0.05) is 57.5 Å². The monoisotopic (exact) mass is 448 g/mol. The molecule has 2 atom stereocenters. The zero-order valence-corrected chi connectivity index (χ0v) is 20.2. The van der Waals surface area contributed by atoms with E-state index in [0.717, 1.165) is 51.9 Å². The molecule has 0 fully saturated rings. The third-order valence-electron chi connectivity index (χ3n) is 7.58. The van der Waals surface area contributed by atoms with Crippen molar-refractivity contribution in [3.05, 3.63) is 58.0 Å². The smallest absolute Gasteiger partial charge is 0.256 e. The summed E-state index contributed by atoms with van der Waals surface area (Å²) < 4.78 is 5.98. The van der Waals surface area contributed by atoms with E-state index in [-0.39, 0.29) is 12.1 Å². The van der Waals surface area contributed by atoms with Gasteiger partial charge in [0, 0.05) is 10.4 Å². The van der Waals surface area contributed by atoms with Gasteiger partial charge < -0.3 is 15.4 Å². The molecule has 2 N–H and O–H groups in total. The molecule has 1 aliphatic heterocycles. The Morgan fingerprint density at radius 2 is 1.94 bits per heavy atom. The van der Waals surface area contributed by atoms with Crippen molar-refractivity contribution in [1.82, 2.24) is 5.32 Å². The van der Waals surface area contributed by atoms with Crippen molar-refractivity contribution >= 4 is 33.0 Å². The van der Waals surface area contributed by atoms with Crippen molar-refractivity contribution in [3.8, 4) is 5.75 Å². The van der Waals surface area contributed by atoms with Crippen LogP contribution in [0.3, 0.4) is 0 Å². The van der Waals surface area contributed by atoms with Gasteiger partial charge >= 0.3 is 0 Å². The lowest BCUT2D eigenvalue weighted by Crippen LogP contribution is -2.38. The quantitative estimate of drug-likeness (QED) is 0.457. The van der Waals surface area contributed by atoms with E-state index in [1.807, 2.05) is 25.1 Å². The average molecular weight is 449 g/mol. The number of thiophene rings is 1. The average Bonchev–Trinajstić information content (AvgIpc) is 3.17. The topological polar surface area (TPSA) is 50.4 Å². The fraction of sp³-hybridized carbons (Fsp3) is 0.444. The maximum atomic E-state index is 13.4. The zero-order valence-electron chi connectivity index (χ0n) is 19.4. The number of fused-ring (bicyclic) bond motifs is 4. The highest BCUT2D eigenvalue weighted by atomic mass is 32.1. The van der Waals surface area contributed by atoms with E-state index < -0.39 is 0 Å². The summed E-state index contributed by atoms with van der Waals surface area (Å²) in [5, 5.41) is 10.2. The molecule has 3 aromatic rings. The second-order valence-corrected chi connectivity index (χ2v) is 10.8. The fourth-order valence-corrected chi connectivity index (χ4v) is 6.61. The number of carbonyl (C=O) groups excluding carboxylic acids is 1. The number of nitrogens with one attached hydrogen (secondary N) is 2. The Hall–Kier alpha value is -2.53. The van der Waals surface area contributed by atoms with Gasteiger partial charge in [-0.25, -0.2) is 0 Å². The van der Waals surface area contributed by atoms with Gasteiger partial charge in [0.2, 0.25) is 0 Å². The van der Waals surface area contributed by atoms with Crippen molar-refractivity contribution in [2.45, 2.75) is 59.5 Å². The summed E-state index contributed by atoms with van der Waals surface area (Å²) in [5.41, 5.74) is 3.46. The molecule has 1 aliphatic carbocycles. The summed E-state index contributed by atoms with van der Waals surface area (Å²) in [6.07, 6.45) is 4.09. The van der Waals surface area contributed by atoms with Crippen LogP contribution in [0, 0.1) is 11.3 Å². The summed E-state index contributed by atoms with van der Waals surface area (Å²) >= 11 is 1.78. The second kappa shape index (κ2) is 8.11. The van der Waals surface area contributed by atoms with E-state index in [0.29, 0.717) is 17.9 Å². The van der Waals surface area contributed by atoms with Crippen LogP contribution in [0.4, 0.5) is 5.00 Å². The van der Waals surface area contributed by atoms with Crippen LogP contribution >= 0.6 is 11.3 Å². The van der Waals surface area contributed by atoms with E-state index in [4.69, 9.17) is 4.74 Å². The predicted octanol–water partition coefficient (Wildman–Crippen LogP) is 6.70. The van der Waals surface area contributed by atoms with Crippen LogP contribution < -0.4 is 15.4 Å². The molecular weight excluding hydrogens is 416 g/mol. The standard InChI is InChI=1S/C27H32N2O2S/c1-5-27(3,4)17-12-13-19-21(15-17)32-26-23(19)25(30)28-24(29-26)22-18-10-8-7-9-16(18)11-14-20(22)31-6-2/h7-11,14,17,24,29H,5-6,12-13,15H2,1-4H3,(H,28,30)/t17-,24+/m0/s1. The molecule has 0 unspecified atom stereocenters. The molecule has 2 aliphatic rings. The van der Waals surface area contributed by atoms with Crippen molar-refractivity contribution < 1.29 is 9.53 Å². The van der Waals surface area contributed by atoms with Crippen LogP contribution in [0.25, 0.3) is 10.8 Å². The Labute approximate surface area is 194 Å². The molecule has 2 heterocycles. The Bertz CT molecular complexity index is 1180. The summed E-state index contributed by atoms with van der Waals surface area (Å²) in [6, 6.07) is 12.4. The second-order valence-electron chi connectivity index (χ2n) is 9.67. The number of hydrogen-bond acceptors (Lipinski definition) is 4. The highest BCUT2D eigenvalue weighted by Gasteiger charge is 2.38. The van der Waals surface area contributed by atoms with Crippen LogP contribution in [-0.2, 0) is 12.8 Å². The number of rotatable bonds is 5. The molecule has 5 heteroatoms.